The number of nitrogen functional groups attached to an aromatic ring is 2. The van der Waals surface area contributed by atoms with E-state index >= 15 is 0 Å². The van der Waals surface area contributed by atoms with Crippen molar-refractivity contribution in [2.45, 2.75) is 121 Å². The molecular weight excluding hydrogens is 849 g/mol. The van der Waals surface area contributed by atoms with E-state index in [2.05, 4.69) is 61.3 Å². The Balaban J connectivity index is 0.000000347. The number of aromatic nitrogens is 6. The molecule has 64 heavy (non-hydrogen) atoms. The lowest BCUT2D eigenvalue weighted by molar-refractivity contribution is 0.0522. The minimum Gasteiger partial charge on any atom is -0.477 e. The summed E-state index contributed by atoms with van der Waals surface area (Å²) in [5, 5.41) is 16.2. The minimum absolute atomic E-state index is 0. The smallest absolute Gasteiger partial charge is 0.407 e. The van der Waals surface area contributed by atoms with Crippen molar-refractivity contribution in [3.63, 3.8) is 0 Å². The highest BCUT2D eigenvalue weighted by Gasteiger charge is 2.21. The van der Waals surface area contributed by atoms with Crippen molar-refractivity contribution in [1.82, 2.24) is 40.5 Å². The van der Waals surface area contributed by atoms with Gasteiger partial charge in [-0.1, -0.05) is 80.7 Å². The van der Waals surface area contributed by atoms with E-state index in [0.717, 1.165) is 54.8 Å². The molecule has 0 spiro atoms. The van der Waals surface area contributed by atoms with Gasteiger partial charge in [0.15, 0.2) is 0 Å². The topological polar surface area (TPSA) is 234 Å². The number of thiazole rings is 2. The molecule has 344 valence electrons. The number of carboxylic acid groups (broad SMARTS) is 1. The van der Waals surface area contributed by atoms with Gasteiger partial charge < -0.3 is 31.9 Å². The standard InChI is InChI=1S/C20H23N5OS.C17H22N4O2.C8H11NO2S.2CH4/c1-12-9-13(15-7-8-22-19(21)25-15)5-6-14(12)10-23-17(26)16-11-24-18(27-16)20(2,3)4;1-11-9-12(14-7-8-19-15(18)21-14)5-6-13(11)10-20-16(22)23-17(2,3)4;1-8(2,3)7-9-4-5(12-7)6(10)11;;/h5-9,11H,10H2,1-4H3,(H,23,26)(H2,21,22,25);5-9H,10H2,1-4H3,(H,20,22)(H2,18,19,21);4H,1-3H3,(H,10,11);2*1H4. The zero-order valence-corrected chi connectivity index (χ0v) is 38.7. The number of carbonyl (C=O) groups is 3. The van der Waals surface area contributed by atoms with Gasteiger partial charge in [0, 0.05) is 47.4 Å². The van der Waals surface area contributed by atoms with E-state index < -0.39 is 17.7 Å². The van der Waals surface area contributed by atoms with E-state index in [1.165, 1.54) is 28.9 Å². The Kier molecular flexibility index (Phi) is 19.2. The molecule has 0 atom stereocenters. The fourth-order valence-electron chi connectivity index (χ4n) is 5.37. The third-order valence-corrected chi connectivity index (χ3v) is 11.4. The molecule has 6 rings (SSSR count). The van der Waals surface area contributed by atoms with Gasteiger partial charge in [-0.3, -0.25) is 4.79 Å². The number of aryl methyl sites for hydroxylation is 2. The van der Waals surface area contributed by atoms with Crippen molar-refractivity contribution in [1.29, 1.82) is 0 Å². The Bertz CT molecular complexity index is 2500. The number of hydrogen-bond donors (Lipinski definition) is 5. The number of ether oxygens (including phenoxy) is 1. The van der Waals surface area contributed by atoms with Gasteiger partial charge in [0.25, 0.3) is 5.91 Å². The first-order valence-electron chi connectivity index (χ1n) is 19.7. The first-order chi connectivity index (χ1) is 28.9. The molecule has 0 radical (unpaired) electrons. The number of nitrogens with one attached hydrogen (secondary N) is 2. The monoisotopic (exact) mass is 912 g/mol. The van der Waals surface area contributed by atoms with Crippen LogP contribution in [0, 0.1) is 13.8 Å². The largest absolute Gasteiger partial charge is 0.477 e. The molecule has 2 amide bonds. The quantitative estimate of drug-likeness (QED) is 0.0957. The lowest BCUT2D eigenvalue weighted by Crippen LogP contribution is -2.32. The van der Waals surface area contributed by atoms with Crippen molar-refractivity contribution >= 4 is 52.5 Å². The first kappa shape index (κ1) is 53.8. The van der Waals surface area contributed by atoms with E-state index in [9.17, 15) is 14.4 Å². The van der Waals surface area contributed by atoms with Crippen molar-refractivity contribution in [3.05, 3.63) is 115 Å². The summed E-state index contributed by atoms with van der Waals surface area (Å²) in [7, 11) is 0. The maximum Gasteiger partial charge on any atom is 0.407 e. The minimum atomic E-state index is -0.900. The van der Waals surface area contributed by atoms with Crippen LogP contribution < -0.4 is 22.1 Å². The molecule has 0 bridgehead atoms. The number of hydrogen-bond acceptors (Lipinski definition) is 14. The summed E-state index contributed by atoms with van der Waals surface area (Å²) in [6, 6.07) is 15.5. The van der Waals surface area contributed by atoms with Gasteiger partial charge in [-0.15, -0.1) is 22.7 Å². The number of nitrogens with zero attached hydrogens (tertiary/aromatic N) is 6. The number of carboxylic acids is 1. The highest BCUT2D eigenvalue weighted by molar-refractivity contribution is 7.14. The van der Waals surface area contributed by atoms with Gasteiger partial charge in [-0.25, -0.2) is 39.5 Å². The van der Waals surface area contributed by atoms with Gasteiger partial charge in [-0.2, -0.15) is 0 Å². The highest BCUT2D eigenvalue weighted by atomic mass is 32.1. The number of anilines is 2. The molecule has 4 aromatic heterocycles. The van der Waals surface area contributed by atoms with Crippen molar-refractivity contribution in [3.8, 4) is 22.5 Å². The van der Waals surface area contributed by atoms with E-state index in [4.69, 9.17) is 21.3 Å². The number of aromatic carboxylic acids is 1. The molecule has 0 aliphatic heterocycles. The van der Waals surface area contributed by atoms with Crippen LogP contribution >= 0.6 is 22.7 Å². The molecule has 4 heterocycles. The summed E-state index contributed by atoms with van der Waals surface area (Å²) >= 11 is 2.68. The number of benzene rings is 2. The molecule has 6 aromatic rings. The van der Waals surface area contributed by atoms with Crippen molar-refractivity contribution in [2.24, 2.45) is 0 Å². The molecular formula is C47H64N10O5S2. The maximum atomic E-state index is 12.4. The zero-order valence-electron chi connectivity index (χ0n) is 37.1. The van der Waals surface area contributed by atoms with Crippen molar-refractivity contribution < 1.29 is 24.2 Å². The number of nitrogens with two attached hydrogens (primary N) is 2. The van der Waals surface area contributed by atoms with Crippen LogP contribution in [0.5, 0.6) is 0 Å². The molecule has 0 aliphatic carbocycles. The molecule has 0 fully saturated rings. The Hall–Kier alpha value is -6.33. The highest BCUT2D eigenvalue weighted by Crippen LogP contribution is 2.28. The maximum absolute atomic E-state index is 12.4. The van der Waals surface area contributed by atoms with E-state index in [1.807, 2.05) is 104 Å². The average Bonchev–Trinajstić information content (AvgIpc) is 3.89. The van der Waals surface area contributed by atoms with Gasteiger partial charge in [0.05, 0.1) is 33.8 Å². The summed E-state index contributed by atoms with van der Waals surface area (Å²) < 4.78 is 5.22. The predicted molar refractivity (Wildman–Crippen MR) is 260 cm³/mol. The Morgan fingerprint density at radius 1 is 0.641 bits per heavy atom. The molecule has 15 nitrogen and oxygen atoms in total. The third-order valence-electron chi connectivity index (χ3n) is 8.62. The van der Waals surface area contributed by atoms with Gasteiger partial charge >= 0.3 is 12.1 Å². The lowest BCUT2D eigenvalue weighted by atomic mass is 9.98. The summed E-state index contributed by atoms with van der Waals surface area (Å²) in [6.45, 7) is 22.7. The van der Waals surface area contributed by atoms with Crippen LogP contribution in [0.2, 0.25) is 0 Å². The number of carbonyl (C=O) groups excluding carboxylic acids is 2. The van der Waals surface area contributed by atoms with Gasteiger partial charge in [-0.05, 0) is 81.1 Å². The first-order valence-corrected chi connectivity index (χ1v) is 21.3. The summed E-state index contributed by atoms with van der Waals surface area (Å²) in [5.41, 5.74) is 18.3. The average molecular weight is 913 g/mol. The Morgan fingerprint density at radius 2 is 1.06 bits per heavy atom. The fraction of sp³-hybridized carbons (Fsp3) is 0.383. The normalized spacial score (nSPS) is 11.0. The molecule has 2 aromatic carbocycles. The SMILES string of the molecule is C.C.CC(C)(C)c1ncc(C(=O)O)s1.Cc1cc(-c2ccnc(N)n2)ccc1CNC(=O)OC(C)(C)C.Cc1cc(-c2ccnc(N)n2)ccc1CNC(=O)c1cnc(C(C)(C)C)s1. The predicted octanol–water partition coefficient (Wildman–Crippen LogP) is 10.2. The molecule has 0 aliphatic rings. The summed E-state index contributed by atoms with van der Waals surface area (Å²) in [4.78, 5) is 60.2. The van der Waals surface area contributed by atoms with E-state index in [1.54, 1.807) is 18.6 Å². The van der Waals surface area contributed by atoms with Crippen LogP contribution in [0.4, 0.5) is 16.7 Å². The van der Waals surface area contributed by atoms with Crippen LogP contribution in [-0.2, 0) is 28.7 Å². The second kappa shape index (κ2) is 22.9. The van der Waals surface area contributed by atoms with Crippen LogP contribution in [-0.4, -0.2) is 58.6 Å². The van der Waals surface area contributed by atoms with Crippen LogP contribution in [0.1, 0.15) is 129 Å². The number of rotatable bonds is 8. The number of amides is 2. The second-order valence-electron chi connectivity index (χ2n) is 17.3. The van der Waals surface area contributed by atoms with Gasteiger partial charge in [0.1, 0.15) is 15.4 Å². The lowest BCUT2D eigenvalue weighted by Gasteiger charge is -2.20. The van der Waals surface area contributed by atoms with E-state index in [-0.39, 0.29) is 43.5 Å². The molecule has 7 N–H and O–H groups in total. The molecule has 17 heteroatoms. The molecule has 0 saturated carbocycles. The van der Waals surface area contributed by atoms with E-state index in [0.29, 0.717) is 22.8 Å². The summed E-state index contributed by atoms with van der Waals surface area (Å²) in [5.74, 6) is -0.505. The van der Waals surface area contributed by atoms with Crippen LogP contribution in [0.3, 0.4) is 0 Å². The molecule has 0 unspecified atom stereocenters. The number of alkyl carbamates (subject to hydrolysis) is 1. The Labute approximate surface area is 385 Å². The second-order valence-corrected chi connectivity index (χ2v) is 19.3. The van der Waals surface area contributed by atoms with Crippen LogP contribution in [0.25, 0.3) is 22.5 Å². The third kappa shape index (κ3) is 16.4. The summed E-state index contributed by atoms with van der Waals surface area (Å²) in [6.07, 6.45) is 5.90. The van der Waals surface area contributed by atoms with Crippen LogP contribution in [0.15, 0.2) is 73.3 Å². The fourth-order valence-corrected chi connectivity index (χ4v) is 7.07. The Morgan fingerprint density at radius 3 is 1.42 bits per heavy atom. The zero-order chi connectivity index (χ0) is 46.0. The molecule has 0 saturated heterocycles. The van der Waals surface area contributed by atoms with Gasteiger partial charge in [0.2, 0.25) is 11.9 Å². The van der Waals surface area contributed by atoms with Crippen molar-refractivity contribution in [2.75, 3.05) is 11.5 Å².